The Morgan fingerprint density at radius 2 is 1.35 bits per heavy atom. The highest BCUT2D eigenvalue weighted by molar-refractivity contribution is 5.89. The molecule has 0 saturated heterocycles. The van der Waals surface area contributed by atoms with Gasteiger partial charge in [-0.3, -0.25) is 0 Å². The van der Waals surface area contributed by atoms with Crippen molar-refractivity contribution in [3.8, 4) is 0 Å². The van der Waals surface area contributed by atoms with Gasteiger partial charge in [-0.15, -0.1) is 0 Å². The molecule has 0 aliphatic carbocycles. The van der Waals surface area contributed by atoms with Crippen LogP contribution in [0.15, 0.2) is 95.2 Å². The minimum Gasteiger partial charge on any atom is -0.335 e. The fourth-order valence-electron chi connectivity index (χ4n) is 2.32. The van der Waals surface area contributed by atoms with Crippen molar-refractivity contribution in [3.63, 3.8) is 0 Å². The summed E-state index contributed by atoms with van der Waals surface area (Å²) in [6, 6.07) is 25.8. The molecule has 0 bridgehead atoms. The molecule has 0 aromatic heterocycles. The molecule has 3 aromatic rings. The van der Waals surface area contributed by atoms with Gasteiger partial charge in [0.05, 0.1) is 29.2 Å². The molecular weight excluding hydrogens is 326 g/mol. The zero-order valence-electron chi connectivity index (χ0n) is 14.4. The Bertz CT molecular complexity index is 863. The standard InChI is InChI=1S/C21H19N3O2/c1-2-24(26-21(25)17-9-5-3-6-10-17)20-15-13-19(14-16-20)23-22-18-11-7-4-8-12-18/h3-16H,2H2,1H3. The summed E-state index contributed by atoms with van der Waals surface area (Å²) >= 11 is 0. The SMILES string of the molecule is CCN(OC(=O)c1ccccc1)c1ccc(N=Nc2ccccc2)cc1. The summed E-state index contributed by atoms with van der Waals surface area (Å²) in [4.78, 5) is 17.7. The van der Waals surface area contributed by atoms with Gasteiger partial charge in [-0.2, -0.15) is 10.2 Å². The number of carbonyl (C=O) groups is 1. The lowest BCUT2D eigenvalue weighted by Gasteiger charge is -2.21. The van der Waals surface area contributed by atoms with Crippen LogP contribution in [0.1, 0.15) is 17.3 Å². The first kappa shape index (κ1) is 17.4. The number of hydrogen-bond acceptors (Lipinski definition) is 5. The summed E-state index contributed by atoms with van der Waals surface area (Å²) in [6.07, 6.45) is 0. The predicted molar refractivity (Wildman–Crippen MR) is 102 cm³/mol. The summed E-state index contributed by atoms with van der Waals surface area (Å²) < 4.78 is 0. The molecule has 0 N–H and O–H groups in total. The van der Waals surface area contributed by atoms with E-state index in [0.29, 0.717) is 12.1 Å². The molecule has 26 heavy (non-hydrogen) atoms. The predicted octanol–water partition coefficient (Wildman–Crippen LogP) is 5.70. The first-order valence-electron chi connectivity index (χ1n) is 8.38. The molecule has 5 nitrogen and oxygen atoms in total. The zero-order valence-corrected chi connectivity index (χ0v) is 14.4. The molecule has 5 heteroatoms. The monoisotopic (exact) mass is 345 g/mol. The number of hydrogen-bond donors (Lipinski definition) is 0. The number of nitrogens with zero attached hydrogens (tertiary/aromatic N) is 3. The Hall–Kier alpha value is -3.47. The van der Waals surface area contributed by atoms with Crippen molar-refractivity contribution in [3.05, 3.63) is 90.5 Å². The average molecular weight is 345 g/mol. The second-order valence-electron chi connectivity index (χ2n) is 5.49. The van der Waals surface area contributed by atoms with Gasteiger partial charge in [0, 0.05) is 0 Å². The molecule has 130 valence electrons. The van der Waals surface area contributed by atoms with Crippen LogP contribution in [-0.4, -0.2) is 12.5 Å². The van der Waals surface area contributed by atoms with Gasteiger partial charge in [0.25, 0.3) is 0 Å². The molecule has 0 heterocycles. The summed E-state index contributed by atoms with van der Waals surface area (Å²) in [7, 11) is 0. The Morgan fingerprint density at radius 1 is 0.808 bits per heavy atom. The number of rotatable bonds is 6. The van der Waals surface area contributed by atoms with E-state index in [1.807, 2.05) is 67.6 Å². The van der Waals surface area contributed by atoms with E-state index in [1.54, 1.807) is 29.3 Å². The molecule has 0 amide bonds. The lowest BCUT2D eigenvalue weighted by Crippen LogP contribution is -2.26. The number of anilines is 1. The van der Waals surface area contributed by atoms with Crippen LogP contribution in [0.3, 0.4) is 0 Å². The van der Waals surface area contributed by atoms with Crippen LogP contribution in [0.25, 0.3) is 0 Å². The van der Waals surface area contributed by atoms with Crippen LogP contribution in [0.5, 0.6) is 0 Å². The van der Waals surface area contributed by atoms with Crippen LogP contribution in [0.2, 0.25) is 0 Å². The summed E-state index contributed by atoms with van der Waals surface area (Å²) in [5, 5.41) is 9.94. The fourth-order valence-corrected chi connectivity index (χ4v) is 2.32. The maximum absolute atomic E-state index is 12.2. The maximum atomic E-state index is 12.2. The van der Waals surface area contributed by atoms with Gasteiger partial charge < -0.3 is 4.84 Å². The highest BCUT2D eigenvalue weighted by atomic mass is 16.7. The van der Waals surface area contributed by atoms with Crippen LogP contribution in [-0.2, 0) is 4.84 Å². The molecule has 0 atom stereocenters. The maximum Gasteiger partial charge on any atom is 0.363 e. The number of azo groups is 1. The molecule has 0 fully saturated rings. The second kappa shape index (κ2) is 8.58. The van der Waals surface area contributed by atoms with E-state index in [-0.39, 0.29) is 5.97 Å². The van der Waals surface area contributed by atoms with E-state index < -0.39 is 0 Å². The van der Waals surface area contributed by atoms with E-state index in [4.69, 9.17) is 4.84 Å². The molecule has 0 aliphatic rings. The highest BCUT2D eigenvalue weighted by Gasteiger charge is 2.13. The number of hydroxylamine groups is 1. The van der Waals surface area contributed by atoms with Gasteiger partial charge in [0.15, 0.2) is 0 Å². The molecule has 0 aliphatic heterocycles. The minimum atomic E-state index is -0.389. The lowest BCUT2D eigenvalue weighted by molar-refractivity contribution is 0.0456. The molecular formula is C21H19N3O2. The van der Waals surface area contributed by atoms with Crippen LogP contribution in [0.4, 0.5) is 17.1 Å². The van der Waals surface area contributed by atoms with E-state index in [0.717, 1.165) is 17.1 Å². The molecule has 0 unspecified atom stereocenters. The van der Waals surface area contributed by atoms with E-state index >= 15 is 0 Å². The van der Waals surface area contributed by atoms with Crippen molar-refractivity contribution >= 4 is 23.0 Å². The van der Waals surface area contributed by atoms with Crippen LogP contribution >= 0.6 is 0 Å². The van der Waals surface area contributed by atoms with Crippen molar-refractivity contribution in [1.29, 1.82) is 0 Å². The van der Waals surface area contributed by atoms with E-state index in [2.05, 4.69) is 10.2 Å². The third-order valence-corrected chi connectivity index (χ3v) is 3.66. The van der Waals surface area contributed by atoms with Gasteiger partial charge in [-0.05, 0) is 55.5 Å². The highest BCUT2D eigenvalue weighted by Crippen LogP contribution is 2.22. The minimum absolute atomic E-state index is 0.389. The number of benzene rings is 3. The Balaban J connectivity index is 1.68. The van der Waals surface area contributed by atoms with Crippen molar-refractivity contribution in [2.24, 2.45) is 10.2 Å². The molecule has 3 rings (SSSR count). The Kier molecular flexibility index (Phi) is 5.72. The third-order valence-electron chi connectivity index (χ3n) is 3.66. The van der Waals surface area contributed by atoms with Gasteiger partial charge in [-0.25, -0.2) is 9.86 Å². The topological polar surface area (TPSA) is 54.3 Å². The second-order valence-corrected chi connectivity index (χ2v) is 5.49. The van der Waals surface area contributed by atoms with Gasteiger partial charge >= 0.3 is 5.97 Å². The summed E-state index contributed by atoms with van der Waals surface area (Å²) in [5.41, 5.74) is 2.81. The zero-order chi connectivity index (χ0) is 18.2. The fraction of sp³-hybridized carbons (Fsp3) is 0.0952. The lowest BCUT2D eigenvalue weighted by atomic mass is 10.2. The van der Waals surface area contributed by atoms with Crippen molar-refractivity contribution in [2.75, 3.05) is 11.6 Å². The van der Waals surface area contributed by atoms with Crippen molar-refractivity contribution in [1.82, 2.24) is 0 Å². The number of carbonyl (C=O) groups excluding carboxylic acids is 1. The molecule has 0 spiro atoms. The first-order valence-corrected chi connectivity index (χ1v) is 8.38. The van der Waals surface area contributed by atoms with Crippen molar-refractivity contribution in [2.45, 2.75) is 6.92 Å². The van der Waals surface area contributed by atoms with Crippen LogP contribution < -0.4 is 5.06 Å². The van der Waals surface area contributed by atoms with Gasteiger partial charge in [0.2, 0.25) is 0 Å². The molecule has 0 radical (unpaired) electrons. The molecule has 3 aromatic carbocycles. The Morgan fingerprint density at radius 3 is 1.92 bits per heavy atom. The third kappa shape index (κ3) is 4.54. The normalized spacial score (nSPS) is 10.7. The average Bonchev–Trinajstić information content (AvgIpc) is 2.72. The van der Waals surface area contributed by atoms with Gasteiger partial charge in [0.1, 0.15) is 0 Å². The quantitative estimate of drug-likeness (QED) is 0.425. The summed E-state index contributed by atoms with van der Waals surface area (Å²) in [6.45, 7) is 2.45. The van der Waals surface area contributed by atoms with E-state index in [1.165, 1.54) is 0 Å². The smallest absolute Gasteiger partial charge is 0.335 e. The van der Waals surface area contributed by atoms with E-state index in [9.17, 15) is 4.79 Å². The Labute approximate surface area is 152 Å². The van der Waals surface area contributed by atoms with Crippen LogP contribution in [0, 0.1) is 0 Å². The molecule has 0 saturated carbocycles. The summed E-state index contributed by atoms with van der Waals surface area (Å²) in [5.74, 6) is -0.389. The van der Waals surface area contributed by atoms with Crippen molar-refractivity contribution < 1.29 is 9.63 Å². The van der Waals surface area contributed by atoms with Gasteiger partial charge in [-0.1, -0.05) is 36.4 Å². The largest absolute Gasteiger partial charge is 0.363 e. The first-order chi connectivity index (χ1) is 12.8.